The van der Waals surface area contributed by atoms with Crippen molar-refractivity contribution in [1.82, 2.24) is 0 Å². The minimum atomic E-state index is -0.639. The van der Waals surface area contributed by atoms with Crippen LogP contribution in [0.1, 0.15) is 22.8 Å². The minimum Gasteiger partial charge on any atom is -0.454 e. The first-order valence-electron chi connectivity index (χ1n) is 5.88. The van der Waals surface area contributed by atoms with Crippen LogP contribution < -0.4 is 9.47 Å². The van der Waals surface area contributed by atoms with Crippen molar-refractivity contribution in [3.8, 4) is 11.5 Å². The van der Waals surface area contributed by atoms with Gasteiger partial charge in [0.05, 0.1) is 0 Å². The quantitative estimate of drug-likeness (QED) is 0.880. The zero-order valence-electron chi connectivity index (χ0n) is 10.1. The van der Waals surface area contributed by atoms with Crippen molar-refractivity contribution in [3.05, 3.63) is 59.2 Å². The molecular formula is C15H14O3. The molecule has 2 aromatic rings. The number of benzene rings is 2. The predicted octanol–water partition coefficient (Wildman–Crippen LogP) is 2.81. The van der Waals surface area contributed by atoms with Gasteiger partial charge in [-0.2, -0.15) is 0 Å². The van der Waals surface area contributed by atoms with Crippen LogP contribution in [0.5, 0.6) is 11.5 Å². The Labute approximate surface area is 106 Å². The third-order valence-electron chi connectivity index (χ3n) is 3.11. The van der Waals surface area contributed by atoms with Gasteiger partial charge in [-0.3, -0.25) is 0 Å². The standard InChI is InChI=1S/C15H14O3/c1-10-2-4-11(5-3-10)15(16)12-6-7-13-14(8-12)18-9-17-13/h2-8,15-16H,9H2,1H3. The van der Waals surface area contributed by atoms with Gasteiger partial charge < -0.3 is 14.6 Å². The van der Waals surface area contributed by atoms with E-state index in [4.69, 9.17) is 9.47 Å². The molecule has 92 valence electrons. The van der Waals surface area contributed by atoms with Crippen molar-refractivity contribution >= 4 is 0 Å². The molecule has 1 aliphatic heterocycles. The summed E-state index contributed by atoms with van der Waals surface area (Å²) in [5, 5.41) is 10.3. The van der Waals surface area contributed by atoms with Gasteiger partial charge in [-0.25, -0.2) is 0 Å². The van der Waals surface area contributed by atoms with E-state index in [1.54, 1.807) is 0 Å². The molecule has 0 spiro atoms. The Bertz CT molecular complexity index is 560. The Morgan fingerprint density at radius 3 is 2.39 bits per heavy atom. The van der Waals surface area contributed by atoms with Crippen molar-refractivity contribution in [1.29, 1.82) is 0 Å². The Hall–Kier alpha value is -2.00. The van der Waals surface area contributed by atoms with Gasteiger partial charge in [0, 0.05) is 0 Å². The molecule has 1 heterocycles. The fourth-order valence-electron chi connectivity index (χ4n) is 2.02. The lowest BCUT2D eigenvalue weighted by molar-refractivity contribution is 0.173. The van der Waals surface area contributed by atoms with Crippen LogP contribution in [0.3, 0.4) is 0 Å². The lowest BCUT2D eigenvalue weighted by Crippen LogP contribution is -1.99. The summed E-state index contributed by atoms with van der Waals surface area (Å²) >= 11 is 0. The molecule has 18 heavy (non-hydrogen) atoms. The summed E-state index contributed by atoms with van der Waals surface area (Å²) in [6, 6.07) is 13.4. The fourth-order valence-corrected chi connectivity index (χ4v) is 2.02. The van der Waals surface area contributed by atoms with Crippen molar-refractivity contribution in [2.75, 3.05) is 6.79 Å². The molecule has 3 nitrogen and oxygen atoms in total. The van der Waals surface area contributed by atoms with Crippen LogP contribution in [0, 0.1) is 6.92 Å². The molecule has 0 radical (unpaired) electrons. The van der Waals surface area contributed by atoms with Crippen molar-refractivity contribution in [2.24, 2.45) is 0 Å². The first kappa shape index (κ1) is 11.1. The molecular weight excluding hydrogens is 228 g/mol. The highest BCUT2D eigenvalue weighted by molar-refractivity contribution is 5.46. The van der Waals surface area contributed by atoms with Crippen LogP contribution in [0.2, 0.25) is 0 Å². The maximum Gasteiger partial charge on any atom is 0.231 e. The molecule has 2 aromatic carbocycles. The Kier molecular flexibility index (Phi) is 2.68. The summed E-state index contributed by atoms with van der Waals surface area (Å²) in [5.41, 5.74) is 2.86. The van der Waals surface area contributed by atoms with Crippen LogP contribution in [0.25, 0.3) is 0 Å². The van der Waals surface area contributed by atoms with E-state index in [1.165, 1.54) is 5.56 Å². The highest BCUT2D eigenvalue weighted by atomic mass is 16.7. The van der Waals surface area contributed by atoms with E-state index >= 15 is 0 Å². The van der Waals surface area contributed by atoms with Gasteiger partial charge in [0.25, 0.3) is 0 Å². The van der Waals surface area contributed by atoms with E-state index in [1.807, 2.05) is 49.4 Å². The molecule has 0 saturated heterocycles. The number of hydrogen-bond acceptors (Lipinski definition) is 3. The van der Waals surface area contributed by atoms with Crippen LogP contribution in [-0.4, -0.2) is 11.9 Å². The fraction of sp³-hybridized carbons (Fsp3) is 0.200. The van der Waals surface area contributed by atoms with Crippen LogP contribution >= 0.6 is 0 Å². The molecule has 3 rings (SSSR count). The molecule has 1 N–H and O–H groups in total. The summed E-state index contributed by atoms with van der Waals surface area (Å²) in [6.07, 6.45) is -0.639. The van der Waals surface area contributed by atoms with E-state index < -0.39 is 6.10 Å². The predicted molar refractivity (Wildman–Crippen MR) is 67.8 cm³/mol. The molecule has 3 heteroatoms. The van der Waals surface area contributed by atoms with E-state index in [-0.39, 0.29) is 6.79 Å². The van der Waals surface area contributed by atoms with Gasteiger partial charge in [-0.05, 0) is 30.2 Å². The highest BCUT2D eigenvalue weighted by Gasteiger charge is 2.17. The lowest BCUT2D eigenvalue weighted by Gasteiger charge is -2.12. The average Bonchev–Trinajstić information content (AvgIpc) is 2.86. The lowest BCUT2D eigenvalue weighted by atomic mass is 10.0. The molecule has 0 fully saturated rings. The van der Waals surface area contributed by atoms with Gasteiger partial charge in [0.2, 0.25) is 6.79 Å². The molecule has 1 unspecified atom stereocenters. The smallest absolute Gasteiger partial charge is 0.231 e. The van der Waals surface area contributed by atoms with Gasteiger partial charge >= 0.3 is 0 Å². The molecule has 0 aromatic heterocycles. The third kappa shape index (κ3) is 1.93. The monoisotopic (exact) mass is 242 g/mol. The van der Waals surface area contributed by atoms with Gasteiger partial charge in [-0.1, -0.05) is 35.9 Å². The zero-order valence-corrected chi connectivity index (χ0v) is 10.1. The van der Waals surface area contributed by atoms with Crippen LogP contribution in [0.15, 0.2) is 42.5 Å². The number of aliphatic hydroxyl groups excluding tert-OH is 1. The molecule has 1 atom stereocenters. The summed E-state index contributed by atoms with van der Waals surface area (Å²) < 4.78 is 10.6. The maximum atomic E-state index is 10.3. The maximum absolute atomic E-state index is 10.3. The average molecular weight is 242 g/mol. The van der Waals surface area contributed by atoms with Gasteiger partial charge in [-0.15, -0.1) is 0 Å². The van der Waals surface area contributed by atoms with E-state index in [0.717, 1.165) is 16.9 Å². The molecule has 0 aliphatic carbocycles. The van der Waals surface area contributed by atoms with E-state index in [9.17, 15) is 5.11 Å². The summed E-state index contributed by atoms with van der Waals surface area (Å²) in [6.45, 7) is 2.27. The summed E-state index contributed by atoms with van der Waals surface area (Å²) in [5.74, 6) is 1.42. The Morgan fingerprint density at radius 2 is 1.61 bits per heavy atom. The number of fused-ring (bicyclic) bond motifs is 1. The van der Waals surface area contributed by atoms with Crippen LogP contribution in [0.4, 0.5) is 0 Å². The molecule has 0 bridgehead atoms. The molecule has 1 aliphatic rings. The van der Waals surface area contributed by atoms with Crippen molar-refractivity contribution < 1.29 is 14.6 Å². The van der Waals surface area contributed by atoms with Gasteiger partial charge in [0.1, 0.15) is 6.10 Å². The van der Waals surface area contributed by atoms with Crippen LogP contribution in [-0.2, 0) is 0 Å². The Balaban J connectivity index is 1.92. The van der Waals surface area contributed by atoms with Crippen molar-refractivity contribution in [3.63, 3.8) is 0 Å². The second-order valence-electron chi connectivity index (χ2n) is 4.43. The third-order valence-corrected chi connectivity index (χ3v) is 3.11. The Morgan fingerprint density at radius 1 is 0.944 bits per heavy atom. The molecule has 0 amide bonds. The normalized spacial score (nSPS) is 14.6. The largest absolute Gasteiger partial charge is 0.454 e. The highest BCUT2D eigenvalue weighted by Crippen LogP contribution is 2.35. The zero-order chi connectivity index (χ0) is 12.5. The number of aryl methyl sites for hydroxylation is 1. The topological polar surface area (TPSA) is 38.7 Å². The van der Waals surface area contributed by atoms with Gasteiger partial charge in [0.15, 0.2) is 11.5 Å². The van der Waals surface area contributed by atoms with Crippen molar-refractivity contribution in [2.45, 2.75) is 13.0 Å². The SMILES string of the molecule is Cc1ccc(C(O)c2ccc3c(c2)OCO3)cc1. The number of rotatable bonds is 2. The first-order valence-corrected chi connectivity index (χ1v) is 5.88. The summed E-state index contributed by atoms with van der Waals surface area (Å²) in [4.78, 5) is 0. The summed E-state index contributed by atoms with van der Waals surface area (Å²) in [7, 11) is 0. The minimum absolute atomic E-state index is 0.249. The number of hydrogen-bond donors (Lipinski definition) is 1. The second kappa shape index (κ2) is 4.35. The number of ether oxygens (including phenoxy) is 2. The van der Waals surface area contributed by atoms with E-state index in [2.05, 4.69) is 0 Å². The second-order valence-corrected chi connectivity index (χ2v) is 4.43. The first-order chi connectivity index (χ1) is 8.74. The van der Waals surface area contributed by atoms with E-state index in [0.29, 0.717) is 5.75 Å². The molecule has 0 saturated carbocycles. The number of aliphatic hydroxyl groups is 1.